The van der Waals surface area contributed by atoms with Crippen LogP contribution in [0.3, 0.4) is 0 Å². The molecule has 0 aliphatic carbocycles. The average Bonchev–Trinajstić information content (AvgIpc) is 2.75. The number of hydrogen-bond acceptors (Lipinski definition) is 2. The van der Waals surface area contributed by atoms with Crippen LogP contribution in [-0.2, 0) is 13.5 Å². The molecule has 18 heavy (non-hydrogen) atoms. The Kier molecular flexibility index (Phi) is 4.15. The maximum atomic E-state index is 4.46. The standard InChI is InChI=1S/C15H21N3/c1-4-16-15(11-13-9-10-18(3)17-13)14-8-6-5-7-12(14)2/h5-10,15-16H,4,11H2,1-3H3. The predicted molar refractivity (Wildman–Crippen MR) is 74.5 cm³/mol. The van der Waals surface area contributed by atoms with Crippen LogP contribution in [0, 0.1) is 6.92 Å². The summed E-state index contributed by atoms with van der Waals surface area (Å²) in [4.78, 5) is 0. The van der Waals surface area contributed by atoms with E-state index in [1.165, 1.54) is 11.1 Å². The molecule has 0 amide bonds. The fraction of sp³-hybridized carbons (Fsp3) is 0.400. The maximum Gasteiger partial charge on any atom is 0.0643 e. The number of hydrogen-bond donors (Lipinski definition) is 1. The Morgan fingerprint density at radius 2 is 2.06 bits per heavy atom. The molecule has 1 N–H and O–H groups in total. The van der Waals surface area contributed by atoms with Gasteiger partial charge in [0.15, 0.2) is 0 Å². The van der Waals surface area contributed by atoms with Gasteiger partial charge in [-0.3, -0.25) is 4.68 Å². The Bertz CT molecular complexity index is 502. The van der Waals surface area contributed by atoms with Gasteiger partial charge in [0, 0.05) is 25.7 Å². The number of likely N-dealkylation sites (N-methyl/N-ethyl adjacent to an activating group) is 1. The summed E-state index contributed by atoms with van der Waals surface area (Å²) >= 11 is 0. The van der Waals surface area contributed by atoms with Crippen molar-refractivity contribution in [2.75, 3.05) is 6.54 Å². The van der Waals surface area contributed by atoms with E-state index in [-0.39, 0.29) is 0 Å². The molecule has 1 aromatic carbocycles. The van der Waals surface area contributed by atoms with E-state index < -0.39 is 0 Å². The summed E-state index contributed by atoms with van der Waals surface area (Å²) in [7, 11) is 1.96. The molecule has 96 valence electrons. The van der Waals surface area contributed by atoms with Crippen LogP contribution < -0.4 is 5.32 Å². The molecule has 0 fully saturated rings. The summed E-state index contributed by atoms with van der Waals surface area (Å²) in [5.41, 5.74) is 3.83. The zero-order valence-electron chi connectivity index (χ0n) is 11.4. The van der Waals surface area contributed by atoms with Gasteiger partial charge in [-0.25, -0.2) is 0 Å². The highest BCUT2D eigenvalue weighted by Gasteiger charge is 2.14. The fourth-order valence-electron chi connectivity index (χ4n) is 2.30. The van der Waals surface area contributed by atoms with E-state index in [4.69, 9.17) is 0 Å². The van der Waals surface area contributed by atoms with Gasteiger partial charge in [-0.2, -0.15) is 5.10 Å². The number of aryl methyl sites for hydroxylation is 2. The van der Waals surface area contributed by atoms with Crippen molar-refractivity contribution >= 4 is 0 Å². The van der Waals surface area contributed by atoms with E-state index in [9.17, 15) is 0 Å². The van der Waals surface area contributed by atoms with Gasteiger partial charge in [0.05, 0.1) is 5.69 Å². The summed E-state index contributed by atoms with van der Waals surface area (Å²) in [6, 6.07) is 11.0. The van der Waals surface area contributed by atoms with Gasteiger partial charge in [-0.1, -0.05) is 31.2 Å². The van der Waals surface area contributed by atoms with Gasteiger partial charge >= 0.3 is 0 Å². The average molecular weight is 243 g/mol. The lowest BCUT2D eigenvalue weighted by molar-refractivity contribution is 0.537. The highest BCUT2D eigenvalue weighted by Crippen LogP contribution is 2.20. The molecular formula is C15H21N3. The van der Waals surface area contributed by atoms with Crippen molar-refractivity contribution in [2.24, 2.45) is 7.05 Å². The quantitative estimate of drug-likeness (QED) is 0.875. The number of benzene rings is 1. The molecule has 1 atom stereocenters. The van der Waals surface area contributed by atoms with Crippen molar-refractivity contribution in [1.29, 1.82) is 0 Å². The third-order valence-corrected chi connectivity index (χ3v) is 3.20. The number of aromatic nitrogens is 2. The van der Waals surface area contributed by atoms with Gasteiger partial charge in [-0.05, 0) is 30.7 Å². The van der Waals surface area contributed by atoms with Gasteiger partial charge < -0.3 is 5.32 Å². The van der Waals surface area contributed by atoms with Crippen LogP contribution >= 0.6 is 0 Å². The number of nitrogens with one attached hydrogen (secondary N) is 1. The Morgan fingerprint density at radius 3 is 2.67 bits per heavy atom. The maximum absolute atomic E-state index is 4.46. The lowest BCUT2D eigenvalue weighted by atomic mass is 9.97. The summed E-state index contributed by atoms with van der Waals surface area (Å²) in [5.74, 6) is 0. The topological polar surface area (TPSA) is 29.9 Å². The second-order valence-electron chi connectivity index (χ2n) is 4.65. The Labute approximate surface area is 109 Å². The molecule has 1 unspecified atom stereocenters. The van der Waals surface area contributed by atoms with Crippen LogP contribution in [0.25, 0.3) is 0 Å². The normalized spacial score (nSPS) is 12.6. The third-order valence-electron chi connectivity index (χ3n) is 3.20. The summed E-state index contributed by atoms with van der Waals surface area (Å²) in [6.07, 6.45) is 2.93. The van der Waals surface area contributed by atoms with Crippen molar-refractivity contribution in [3.63, 3.8) is 0 Å². The van der Waals surface area contributed by atoms with Crippen LogP contribution in [0.4, 0.5) is 0 Å². The van der Waals surface area contributed by atoms with Crippen molar-refractivity contribution in [3.8, 4) is 0 Å². The van der Waals surface area contributed by atoms with Crippen LogP contribution in [0.1, 0.15) is 29.8 Å². The van der Waals surface area contributed by atoms with Crippen molar-refractivity contribution in [2.45, 2.75) is 26.3 Å². The molecule has 3 nitrogen and oxygen atoms in total. The molecule has 0 spiro atoms. The lowest BCUT2D eigenvalue weighted by Crippen LogP contribution is -2.24. The molecule has 0 aliphatic rings. The van der Waals surface area contributed by atoms with Crippen LogP contribution in [0.2, 0.25) is 0 Å². The van der Waals surface area contributed by atoms with Gasteiger partial charge in [0.25, 0.3) is 0 Å². The second kappa shape index (κ2) is 5.83. The monoisotopic (exact) mass is 243 g/mol. The highest BCUT2D eigenvalue weighted by atomic mass is 15.2. The predicted octanol–water partition coefficient (Wildman–Crippen LogP) is 2.62. The zero-order chi connectivity index (χ0) is 13.0. The van der Waals surface area contributed by atoms with Gasteiger partial charge in [0.2, 0.25) is 0 Å². The van der Waals surface area contributed by atoms with E-state index >= 15 is 0 Å². The molecule has 0 radical (unpaired) electrons. The minimum Gasteiger partial charge on any atom is -0.310 e. The molecule has 2 rings (SSSR count). The molecule has 0 saturated heterocycles. The molecule has 0 saturated carbocycles. The third kappa shape index (κ3) is 2.99. The van der Waals surface area contributed by atoms with Crippen LogP contribution in [0.5, 0.6) is 0 Å². The molecular weight excluding hydrogens is 222 g/mol. The Morgan fingerprint density at radius 1 is 1.28 bits per heavy atom. The van der Waals surface area contributed by atoms with Crippen molar-refractivity contribution < 1.29 is 0 Å². The largest absolute Gasteiger partial charge is 0.310 e. The molecule has 2 aromatic rings. The smallest absolute Gasteiger partial charge is 0.0643 e. The summed E-state index contributed by atoms with van der Waals surface area (Å²) in [6.45, 7) is 5.27. The SMILES string of the molecule is CCNC(Cc1ccn(C)n1)c1ccccc1C. The van der Waals surface area contributed by atoms with E-state index in [1.54, 1.807) is 0 Å². The first-order valence-corrected chi connectivity index (χ1v) is 6.48. The van der Waals surface area contributed by atoms with E-state index in [0.29, 0.717) is 6.04 Å². The second-order valence-corrected chi connectivity index (χ2v) is 4.65. The first-order valence-electron chi connectivity index (χ1n) is 6.48. The first kappa shape index (κ1) is 12.8. The van der Waals surface area contributed by atoms with Crippen molar-refractivity contribution in [1.82, 2.24) is 15.1 Å². The van der Waals surface area contributed by atoms with Crippen LogP contribution in [0.15, 0.2) is 36.5 Å². The first-order chi connectivity index (χ1) is 8.70. The van der Waals surface area contributed by atoms with E-state index in [1.807, 2.05) is 17.9 Å². The number of nitrogens with zero attached hydrogens (tertiary/aromatic N) is 2. The fourth-order valence-corrected chi connectivity index (χ4v) is 2.30. The highest BCUT2D eigenvalue weighted by molar-refractivity contribution is 5.29. The van der Waals surface area contributed by atoms with E-state index in [0.717, 1.165) is 18.7 Å². The minimum absolute atomic E-state index is 0.339. The summed E-state index contributed by atoms with van der Waals surface area (Å²) in [5, 5.41) is 8.01. The van der Waals surface area contributed by atoms with Crippen molar-refractivity contribution in [3.05, 3.63) is 53.3 Å². The van der Waals surface area contributed by atoms with E-state index in [2.05, 4.69) is 54.6 Å². The molecule has 1 heterocycles. The van der Waals surface area contributed by atoms with Gasteiger partial charge in [0.1, 0.15) is 0 Å². The minimum atomic E-state index is 0.339. The zero-order valence-corrected chi connectivity index (χ0v) is 11.4. The molecule has 0 bridgehead atoms. The molecule has 1 aromatic heterocycles. The lowest BCUT2D eigenvalue weighted by Gasteiger charge is -2.19. The molecule has 3 heteroatoms. The number of rotatable bonds is 5. The van der Waals surface area contributed by atoms with Crippen LogP contribution in [-0.4, -0.2) is 16.3 Å². The summed E-state index contributed by atoms with van der Waals surface area (Å²) < 4.78 is 1.86. The molecule has 0 aliphatic heterocycles. The Hall–Kier alpha value is -1.61. The Balaban J connectivity index is 2.20. The van der Waals surface area contributed by atoms with Gasteiger partial charge in [-0.15, -0.1) is 0 Å².